The van der Waals surface area contributed by atoms with E-state index in [2.05, 4.69) is 33.4 Å². The fourth-order valence-corrected chi connectivity index (χ4v) is 2.48. The number of para-hydroxylation sites is 1. The number of amides is 1. The number of fused-ring (bicyclic) bond motifs is 1. The number of hydrogen-bond donors (Lipinski definition) is 1. The molecule has 0 fully saturated rings. The van der Waals surface area contributed by atoms with Crippen LogP contribution in [0, 0.1) is 5.92 Å². The topological polar surface area (TPSA) is 45.2 Å². The van der Waals surface area contributed by atoms with E-state index in [0.717, 1.165) is 24.5 Å². The van der Waals surface area contributed by atoms with Crippen molar-refractivity contribution in [2.24, 2.45) is 5.92 Å². The van der Waals surface area contributed by atoms with Gasteiger partial charge in [0, 0.05) is 18.2 Å². The molecular weight excluding hydrogens is 262 g/mol. The van der Waals surface area contributed by atoms with Crippen LogP contribution in [-0.4, -0.2) is 17.4 Å². The van der Waals surface area contributed by atoms with Gasteiger partial charge in [0.2, 0.25) is 5.91 Å². The molecule has 0 saturated heterocycles. The Morgan fingerprint density at radius 1 is 1.24 bits per heavy atom. The lowest BCUT2D eigenvalue weighted by molar-refractivity contribution is -0.118. The van der Waals surface area contributed by atoms with E-state index in [0.29, 0.717) is 0 Å². The fourth-order valence-electron chi connectivity index (χ4n) is 2.48. The van der Waals surface area contributed by atoms with Crippen LogP contribution in [0.15, 0.2) is 42.6 Å². The third-order valence-corrected chi connectivity index (χ3v) is 3.70. The Balaban J connectivity index is 1.78. The Labute approximate surface area is 124 Å². The molecule has 2 heterocycles. The summed E-state index contributed by atoms with van der Waals surface area (Å²) in [5.74, 6) is 0.897. The van der Waals surface area contributed by atoms with Gasteiger partial charge in [-0.3, -0.25) is 4.79 Å². The summed E-state index contributed by atoms with van der Waals surface area (Å²) in [4.78, 5) is 18.4. The maximum Gasteiger partial charge on any atom is 0.226 e. The molecule has 1 amide bonds. The summed E-state index contributed by atoms with van der Waals surface area (Å²) in [7, 11) is 0. The summed E-state index contributed by atoms with van der Waals surface area (Å²) in [6, 6.07) is 12.3. The first-order chi connectivity index (χ1) is 10.1. The summed E-state index contributed by atoms with van der Waals surface area (Å²) in [6.07, 6.45) is 2.76. The molecule has 4 nitrogen and oxygen atoms in total. The predicted molar refractivity (Wildman–Crippen MR) is 84.9 cm³/mol. The average Bonchev–Trinajstić information content (AvgIpc) is 2.92. The Morgan fingerprint density at radius 3 is 2.76 bits per heavy atom. The van der Waals surface area contributed by atoms with Gasteiger partial charge in [-0.2, -0.15) is 0 Å². The standard InChI is InChI=1S/C17H19N3O/c1-12(2)17(21)19-14-7-8-16(18-11-14)20-10-9-13-5-3-4-6-15(13)20/h3-8,11-12H,9-10H2,1-2H3,(H,19,21). The lowest BCUT2D eigenvalue weighted by atomic mass is 10.2. The van der Waals surface area contributed by atoms with E-state index < -0.39 is 0 Å². The van der Waals surface area contributed by atoms with Gasteiger partial charge in [-0.25, -0.2) is 4.98 Å². The van der Waals surface area contributed by atoms with Crippen LogP contribution < -0.4 is 10.2 Å². The second-order valence-corrected chi connectivity index (χ2v) is 5.58. The summed E-state index contributed by atoms with van der Waals surface area (Å²) in [6.45, 7) is 4.70. The van der Waals surface area contributed by atoms with Crippen LogP contribution in [0.2, 0.25) is 0 Å². The third kappa shape index (κ3) is 2.75. The van der Waals surface area contributed by atoms with Crippen LogP contribution in [0.3, 0.4) is 0 Å². The molecule has 21 heavy (non-hydrogen) atoms. The quantitative estimate of drug-likeness (QED) is 0.938. The Morgan fingerprint density at radius 2 is 2.05 bits per heavy atom. The first-order valence-electron chi connectivity index (χ1n) is 7.27. The third-order valence-electron chi connectivity index (χ3n) is 3.70. The highest BCUT2D eigenvalue weighted by atomic mass is 16.1. The number of nitrogens with one attached hydrogen (secondary N) is 1. The van der Waals surface area contributed by atoms with Gasteiger partial charge in [-0.15, -0.1) is 0 Å². The van der Waals surface area contributed by atoms with Crippen molar-refractivity contribution in [3.63, 3.8) is 0 Å². The first-order valence-corrected chi connectivity index (χ1v) is 7.27. The Kier molecular flexibility index (Phi) is 3.60. The van der Waals surface area contributed by atoms with Crippen molar-refractivity contribution in [3.8, 4) is 0 Å². The van der Waals surface area contributed by atoms with Crippen molar-refractivity contribution in [2.75, 3.05) is 16.8 Å². The molecule has 1 aromatic carbocycles. The van der Waals surface area contributed by atoms with E-state index in [9.17, 15) is 4.79 Å². The predicted octanol–water partition coefficient (Wildman–Crippen LogP) is 3.37. The number of nitrogens with zero attached hydrogens (tertiary/aromatic N) is 2. The largest absolute Gasteiger partial charge is 0.326 e. The van der Waals surface area contributed by atoms with E-state index in [1.807, 2.05) is 32.0 Å². The van der Waals surface area contributed by atoms with E-state index in [1.165, 1.54) is 11.3 Å². The van der Waals surface area contributed by atoms with Crippen LogP contribution in [0.4, 0.5) is 17.2 Å². The van der Waals surface area contributed by atoms with Gasteiger partial charge in [0.15, 0.2) is 0 Å². The number of benzene rings is 1. The summed E-state index contributed by atoms with van der Waals surface area (Å²) >= 11 is 0. The molecule has 0 unspecified atom stereocenters. The molecular formula is C17H19N3O. The minimum atomic E-state index is -0.0323. The van der Waals surface area contributed by atoms with E-state index in [-0.39, 0.29) is 11.8 Å². The lowest BCUT2D eigenvalue weighted by Gasteiger charge is -2.18. The molecule has 0 bridgehead atoms. The van der Waals surface area contributed by atoms with Crippen molar-refractivity contribution in [3.05, 3.63) is 48.2 Å². The van der Waals surface area contributed by atoms with Crippen LogP contribution in [0.5, 0.6) is 0 Å². The first kappa shape index (κ1) is 13.6. The smallest absolute Gasteiger partial charge is 0.226 e. The van der Waals surface area contributed by atoms with E-state index in [4.69, 9.17) is 0 Å². The number of hydrogen-bond acceptors (Lipinski definition) is 3. The maximum absolute atomic E-state index is 11.7. The molecule has 1 aliphatic rings. The van der Waals surface area contributed by atoms with Gasteiger partial charge < -0.3 is 10.2 Å². The van der Waals surface area contributed by atoms with Gasteiger partial charge in [-0.1, -0.05) is 32.0 Å². The lowest BCUT2D eigenvalue weighted by Crippen LogP contribution is -2.18. The van der Waals surface area contributed by atoms with Crippen molar-refractivity contribution >= 4 is 23.1 Å². The number of carbonyl (C=O) groups excluding carboxylic acids is 1. The number of pyridine rings is 1. The SMILES string of the molecule is CC(C)C(=O)Nc1ccc(N2CCc3ccccc32)nc1. The van der Waals surface area contributed by atoms with Gasteiger partial charge >= 0.3 is 0 Å². The second kappa shape index (κ2) is 5.56. The average molecular weight is 281 g/mol. The van der Waals surface area contributed by atoms with Crippen LogP contribution in [0.25, 0.3) is 0 Å². The van der Waals surface area contributed by atoms with Gasteiger partial charge in [0.05, 0.1) is 11.9 Å². The van der Waals surface area contributed by atoms with Gasteiger partial charge in [-0.05, 0) is 30.2 Å². The molecule has 2 aromatic rings. The molecule has 108 valence electrons. The Hall–Kier alpha value is -2.36. The second-order valence-electron chi connectivity index (χ2n) is 5.58. The summed E-state index contributed by atoms with van der Waals surface area (Å²) < 4.78 is 0. The zero-order valence-corrected chi connectivity index (χ0v) is 12.3. The van der Waals surface area contributed by atoms with Crippen molar-refractivity contribution in [2.45, 2.75) is 20.3 Å². The summed E-state index contributed by atoms with van der Waals surface area (Å²) in [5, 5.41) is 2.86. The number of anilines is 3. The van der Waals surface area contributed by atoms with Crippen molar-refractivity contribution in [1.29, 1.82) is 0 Å². The maximum atomic E-state index is 11.7. The normalized spacial score (nSPS) is 13.4. The van der Waals surface area contributed by atoms with Crippen LogP contribution in [0.1, 0.15) is 19.4 Å². The van der Waals surface area contributed by atoms with E-state index >= 15 is 0 Å². The molecule has 1 N–H and O–H groups in total. The highest BCUT2D eigenvalue weighted by Crippen LogP contribution is 2.33. The van der Waals surface area contributed by atoms with Gasteiger partial charge in [0.1, 0.15) is 5.82 Å². The minimum absolute atomic E-state index is 0.0102. The zero-order valence-electron chi connectivity index (χ0n) is 12.3. The molecule has 3 rings (SSSR count). The van der Waals surface area contributed by atoms with Gasteiger partial charge in [0.25, 0.3) is 0 Å². The molecule has 0 spiro atoms. The highest BCUT2D eigenvalue weighted by molar-refractivity contribution is 5.92. The summed E-state index contributed by atoms with van der Waals surface area (Å²) in [5.41, 5.74) is 3.32. The van der Waals surface area contributed by atoms with Crippen molar-refractivity contribution < 1.29 is 4.79 Å². The molecule has 0 saturated carbocycles. The van der Waals surface area contributed by atoms with E-state index in [1.54, 1.807) is 6.20 Å². The van der Waals surface area contributed by atoms with Crippen LogP contribution >= 0.6 is 0 Å². The van der Waals surface area contributed by atoms with Crippen molar-refractivity contribution in [1.82, 2.24) is 4.98 Å². The molecule has 0 radical (unpaired) electrons. The Bertz CT molecular complexity index is 649. The number of aromatic nitrogens is 1. The fraction of sp³-hybridized carbons (Fsp3) is 0.294. The zero-order chi connectivity index (χ0) is 14.8. The molecule has 0 aliphatic carbocycles. The molecule has 1 aromatic heterocycles. The molecule has 1 aliphatic heterocycles. The highest BCUT2D eigenvalue weighted by Gasteiger charge is 2.20. The van der Waals surface area contributed by atoms with Crippen LogP contribution in [-0.2, 0) is 11.2 Å². The molecule has 0 atom stereocenters. The number of rotatable bonds is 3. The molecule has 4 heteroatoms. The number of carbonyl (C=O) groups is 1. The monoisotopic (exact) mass is 281 g/mol. The minimum Gasteiger partial charge on any atom is -0.326 e.